The number of amides is 1. The van der Waals surface area contributed by atoms with E-state index >= 15 is 0 Å². The van der Waals surface area contributed by atoms with Crippen molar-refractivity contribution in [3.8, 4) is 0 Å². The first-order valence-corrected chi connectivity index (χ1v) is 6.36. The third-order valence-electron chi connectivity index (χ3n) is 3.19. The summed E-state index contributed by atoms with van der Waals surface area (Å²) >= 11 is 0. The summed E-state index contributed by atoms with van der Waals surface area (Å²) in [5.41, 5.74) is -0.394. The highest BCUT2D eigenvalue weighted by molar-refractivity contribution is 5.88. The Morgan fingerprint density at radius 2 is 2.05 bits per heavy atom. The molecular formula is C14H13F3N2O3. The number of hydrogen-bond donors (Lipinski definition) is 3. The van der Waals surface area contributed by atoms with Crippen molar-refractivity contribution in [2.24, 2.45) is 0 Å². The Bertz CT molecular complexity index is 722. The third kappa shape index (κ3) is 3.21. The number of benzene rings is 1. The lowest BCUT2D eigenvalue weighted by Crippen LogP contribution is -2.41. The molecule has 0 spiro atoms. The molecule has 2 aromatic rings. The second-order valence-corrected chi connectivity index (χ2v) is 4.84. The Morgan fingerprint density at radius 3 is 2.59 bits per heavy atom. The highest BCUT2D eigenvalue weighted by Gasteiger charge is 2.34. The fourth-order valence-electron chi connectivity index (χ4n) is 2.32. The molecule has 0 saturated heterocycles. The number of carbonyl (C=O) groups excluding carboxylic acids is 1. The number of aliphatic carboxylic acids is 1. The number of aromatic amines is 1. The van der Waals surface area contributed by atoms with Crippen LogP contribution in [-0.4, -0.2) is 28.0 Å². The Morgan fingerprint density at radius 1 is 1.36 bits per heavy atom. The number of aromatic nitrogens is 1. The Labute approximate surface area is 123 Å². The Balaban J connectivity index is 2.47. The molecule has 0 aliphatic heterocycles. The maximum Gasteiger partial charge on any atom is 0.417 e. The highest BCUT2D eigenvalue weighted by atomic mass is 19.4. The Hall–Kier alpha value is -2.51. The largest absolute Gasteiger partial charge is 0.480 e. The standard InChI is InChI=1S/C14H13F3N2O3/c1-7(20)19-11(13(21)22)5-8-6-18-10-4-2-3-9(12(8)10)14(15,16)17/h2-4,6,11,18H,5H2,1H3,(H,19,20)(H,21,22). The summed E-state index contributed by atoms with van der Waals surface area (Å²) in [4.78, 5) is 24.8. The number of halogens is 3. The predicted molar refractivity (Wildman–Crippen MR) is 72.2 cm³/mol. The van der Waals surface area contributed by atoms with Crippen LogP contribution in [0.3, 0.4) is 0 Å². The maximum atomic E-state index is 13.1. The quantitative estimate of drug-likeness (QED) is 0.810. The van der Waals surface area contributed by atoms with E-state index in [4.69, 9.17) is 5.11 Å². The van der Waals surface area contributed by atoms with E-state index in [2.05, 4.69) is 10.3 Å². The molecule has 0 saturated carbocycles. The van der Waals surface area contributed by atoms with Crippen LogP contribution < -0.4 is 5.32 Å². The van der Waals surface area contributed by atoms with Crippen LogP contribution in [0.25, 0.3) is 10.9 Å². The molecule has 0 aliphatic carbocycles. The minimum Gasteiger partial charge on any atom is -0.480 e. The van der Waals surface area contributed by atoms with Gasteiger partial charge in [0.2, 0.25) is 5.91 Å². The van der Waals surface area contributed by atoms with Gasteiger partial charge in [0.15, 0.2) is 0 Å². The van der Waals surface area contributed by atoms with Crippen molar-refractivity contribution in [2.45, 2.75) is 25.6 Å². The molecule has 1 aromatic carbocycles. The van der Waals surface area contributed by atoms with Crippen molar-refractivity contribution in [2.75, 3.05) is 0 Å². The number of fused-ring (bicyclic) bond motifs is 1. The first-order chi connectivity index (χ1) is 10.2. The monoisotopic (exact) mass is 314 g/mol. The molecule has 1 aromatic heterocycles. The van der Waals surface area contributed by atoms with Crippen LogP contribution in [-0.2, 0) is 22.2 Å². The van der Waals surface area contributed by atoms with Crippen molar-refractivity contribution in [1.29, 1.82) is 0 Å². The topological polar surface area (TPSA) is 82.2 Å². The van der Waals surface area contributed by atoms with E-state index in [0.717, 1.165) is 13.0 Å². The van der Waals surface area contributed by atoms with Crippen molar-refractivity contribution in [3.05, 3.63) is 35.5 Å². The van der Waals surface area contributed by atoms with Gasteiger partial charge in [-0.05, 0) is 17.7 Å². The average Bonchev–Trinajstić information content (AvgIpc) is 2.79. The van der Waals surface area contributed by atoms with Gasteiger partial charge < -0.3 is 15.4 Å². The van der Waals surface area contributed by atoms with Crippen molar-refractivity contribution in [1.82, 2.24) is 10.3 Å². The van der Waals surface area contributed by atoms with E-state index in [9.17, 15) is 22.8 Å². The van der Waals surface area contributed by atoms with Gasteiger partial charge in [0.05, 0.1) is 5.56 Å². The number of carboxylic acids is 1. The first-order valence-electron chi connectivity index (χ1n) is 6.36. The van der Waals surface area contributed by atoms with Gasteiger partial charge in [-0.3, -0.25) is 4.79 Å². The molecule has 0 aliphatic rings. The molecule has 1 atom stereocenters. The number of rotatable bonds is 4. The number of H-pyrrole nitrogens is 1. The molecule has 0 bridgehead atoms. The second-order valence-electron chi connectivity index (χ2n) is 4.84. The van der Waals surface area contributed by atoms with Gasteiger partial charge in [-0.1, -0.05) is 6.07 Å². The van der Waals surface area contributed by atoms with Gasteiger partial charge in [-0.2, -0.15) is 13.2 Å². The minimum atomic E-state index is -4.55. The van der Waals surface area contributed by atoms with Crippen LogP contribution in [0.2, 0.25) is 0 Å². The fourth-order valence-corrected chi connectivity index (χ4v) is 2.32. The summed E-state index contributed by atoms with van der Waals surface area (Å²) in [6.07, 6.45) is -3.47. The van der Waals surface area contributed by atoms with Gasteiger partial charge in [0.25, 0.3) is 0 Å². The van der Waals surface area contributed by atoms with E-state index in [-0.39, 0.29) is 22.9 Å². The molecule has 0 fully saturated rings. The smallest absolute Gasteiger partial charge is 0.417 e. The summed E-state index contributed by atoms with van der Waals surface area (Å²) in [5, 5.41) is 11.2. The molecule has 1 amide bonds. The third-order valence-corrected chi connectivity index (χ3v) is 3.19. The molecule has 2 rings (SSSR count). The SMILES string of the molecule is CC(=O)NC(Cc1c[nH]c2cccc(C(F)(F)F)c12)C(=O)O. The van der Waals surface area contributed by atoms with Gasteiger partial charge >= 0.3 is 12.1 Å². The van der Waals surface area contributed by atoms with Crippen LogP contribution in [0.15, 0.2) is 24.4 Å². The van der Waals surface area contributed by atoms with E-state index in [0.29, 0.717) is 0 Å². The van der Waals surface area contributed by atoms with Crippen molar-refractivity contribution in [3.63, 3.8) is 0 Å². The van der Waals surface area contributed by atoms with Gasteiger partial charge in [0, 0.05) is 30.4 Å². The molecule has 1 heterocycles. The molecule has 8 heteroatoms. The predicted octanol–water partition coefficient (Wildman–Crippen LogP) is 2.32. The molecule has 1 unspecified atom stereocenters. The Kier molecular flexibility index (Phi) is 4.11. The molecular weight excluding hydrogens is 301 g/mol. The molecule has 3 N–H and O–H groups in total. The summed E-state index contributed by atoms with van der Waals surface area (Å²) < 4.78 is 39.2. The average molecular weight is 314 g/mol. The minimum absolute atomic E-state index is 0.0772. The van der Waals surface area contributed by atoms with E-state index in [1.165, 1.54) is 18.3 Å². The number of carboxylic acid groups (broad SMARTS) is 1. The van der Waals surface area contributed by atoms with Gasteiger partial charge in [-0.25, -0.2) is 4.79 Å². The zero-order valence-corrected chi connectivity index (χ0v) is 11.5. The van der Waals surface area contributed by atoms with Gasteiger partial charge in [-0.15, -0.1) is 0 Å². The number of nitrogens with one attached hydrogen (secondary N) is 2. The lowest BCUT2D eigenvalue weighted by atomic mass is 10.0. The van der Waals surface area contributed by atoms with Crippen LogP contribution in [0, 0.1) is 0 Å². The lowest BCUT2D eigenvalue weighted by molar-refractivity contribution is -0.141. The number of carbonyl (C=O) groups is 2. The zero-order valence-electron chi connectivity index (χ0n) is 11.5. The summed E-state index contributed by atoms with van der Waals surface area (Å²) in [5.74, 6) is -1.88. The van der Waals surface area contributed by atoms with E-state index in [1.54, 1.807) is 0 Å². The maximum absolute atomic E-state index is 13.1. The normalized spacial score (nSPS) is 13.1. The van der Waals surface area contributed by atoms with Crippen molar-refractivity contribution >= 4 is 22.8 Å². The molecule has 118 valence electrons. The summed E-state index contributed by atoms with van der Waals surface area (Å²) in [6, 6.07) is 2.39. The summed E-state index contributed by atoms with van der Waals surface area (Å²) in [7, 11) is 0. The van der Waals surface area contributed by atoms with Gasteiger partial charge in [0.1, 0.15) is 6.04 Å². The second kappa shape index (κ2) is 5.70. The molecule has 5 nitrogen and oxygen atoms in total. The first kappa shape index (κ1) is 15.9. The number of alkyl halides is 3. The van der Waals surface area contributed by atoms with Crippen LogP contribution >= 0.6 is 0 Å². The summed E-state index contributed by atoms with van der Waals surface area (Å²) in [6.45, 7) is 1.15. The number of hydrogen-bond acceptors (Lipinski definition) is 2. The van der Waals surface area contributed by atoms with Crippen LogP contribution in [0.5, 0.6) is 0 Å². The van der Waals surface area contributed by atoms with Crippen LogP contribution in [0.1, 0.15) is 18.1 Å². The fraction of sp³-hybridized carbons (Fsp3) is 0.286. The zero-order chi connectivity index (χ0) is 16.5. The highest BCUT2D eigenvalue weighted by Crippen LogP contribution is 2.36. The van der Waals surface area contributed by atoms with E-state index in [1.807, 2.05) is 0 Å². The molecule has 22 heavy (non-hydrogen) atoms. The van der Waals surface area contributed by atoms with E-state index < -0.39 is 29.7 Å². The van der Waals surface area contributed by atoms with Crippen molar-refractivity contribution < 1.29 is 27.9 Å². The molecule has 0 radical (unpaired) electrons. The van der Waals surface area contributed by atoms with Crippen LogP contribution in [0.4, 0.5) is 13.2 Å². The lowest BCUT2D eigenvalue weighted by Gasteiger charge is -2.14.